The van der Waals surface area contributed by atoms with E-state index in [1.165, 1.54) is 9.13 Å². The van der Waals surface area contributed by atoms with Gasteiger partial charge in [-0.3, -0.25) is 18.3 Å². The van der Waals surface area contributed by atoms with E-state index in [-0.39, 0.29) is 17.8 Å². The van der Waals surface area contributed by atoms with Crippen LogP contribution in [0.5, 0.6) is 0 Å². The second-order valence-corrected chi connectivity index (χ2v) is 6.94. The molecule has 0 unspecified atom stereocenters. The highest BCUT2D eigenvalue weighted by Gasteiger charge is 2.19. The molecule has 29 heavy (non-hydrogen) atoms. The zero-order chi connectivity index (χ0) is 20.5. The fourth-order valence-corrected chi connectivity index (χ4v) is 3.53. The van der Waals surface area contributed by atoms with Gasteiger partial charge in [0, 0.05) is 39.1 Å². The Labute approximate surface area is 166 Å². The Balaban J connectivity index is 1.84. The van der Waals surface area contributed by atoms with Crippen LogP contribution in [0.2, 0.25) is 0 Å². The van der Waals surface area contributed by atoms with Gasteiger partial charge in [-0.2, -0.15) is 4.98 Å². The molecule has 0 saturated heterocycles. The molecule has 3 aromatic heterocycles. The van der Waals surface area contributed by atoms with E-state index < -0.39 is 0 Å². The van der Waals surface area contributed by atoms with Crippen molar-refractivity contribution in [2.75, 3.05) is 13.7 Å². The highest BCUT2D eigenvalue weighted by Crippen LogP contribution is 2.16. The summed E-state index contributed by atoms with van der Waals surface area (Å²) in [7, 11) is 3.28. The van der Waals surface area contributed by atoms with Gasteiger partial charge in [-0.25, -0.2) is 4.79 Å². The van der Waals surface area contributed by atoms with E-state index in [1.54, 1.807) is 18.6 Å². The lowest BCUT2D eigenvalue weighted by molar-refractivity contribution is 0.187. The van der Waals surface area contributed by atoms with E-state index in [2.05, 4.69) is 4.98 Å². The van der Waals surface area contributed by atoms with Crippen LogP contribution in [0.25, 0.3) is 23.0 Å². The Bertz CT molecular complexity index is 1320. The molecule has 4 aromatic rings. The first-order chi connectivity index (χ1) is 14.0. The van der Waals surface area contributed by atoms with Crippen molar-refractivity contribution in [3.05, 3.63) is 74.7 Å². The zero-order valence-electron chi connectivity index (χ0n) is 16.7. The van der Waals surface area contributed by atoms with Crippen molar-refractivity contribution in [3.63, 3.8) is 0 Å². The first-order valence-corrected chi connectivity index (χ1v) is 9.41. The molecule has 0 amide bonds. The van der Waals surface area contributed by atoms with E-state index in [1.807, 2.05) is 60.2 Å². The van der Waals surface area contributed by atoms with Crippen LogP contribution < -0.4 is 11.2 Å². The van der Waals surface area contributed by atoms with Gasteiger partial charge >= 0.3 is 5.69 Å². The summed E-state index contributed by atoms with van der Waals surface area (Å²) in [5, 5.41) is 0. The third-order valence-corrected chi connectivity index (χ3v) is 5.06. The number of allylic oxidation sites excluding steroid dienone is 1. The number of imidazole rings is 2. The van der Waals surface area contributed by atoms with Crippen LogP contribution in [0, 0.1) is 6.92 Å². The van der Waals surface area contributed by atoms with Gasteiger partial charge in [-0.1, -0.05) is 42.5 Å². The zero-order valence-corrected chi connectivity index (χ0v) is 16.7. The summed E-state index contributed by atoms with van der Waals surface area (Å²) in [5.41, 5.74) is 2.02. The van der Waals surface area contributed by atoms with Crippen LogP contribution in [-0.2, 0) is 24.9 Å². The maximum atomic E-state index is 13.2. The third kappa shape index (κ3) is 3.21. The number of methoxy groups -OCH3 is 1. The lowest BCUT2D eigenvalue weighted by atomic mass is 10.2. The highest BCUT2D eigenvalue weighted by molar-refractivity contribution is 5.75. The maximum absolute atomic E-state index is 13.2. The standard InChI is InChI=1S/C21H23N5O3/c1-15-14-26-17-18(22-20(26)24(15)12-13-29-3)23(2)21(28)25(19(17)27)11-7-10-16-8-5-4-6-9-16/h4-10,14H,11-13H2,1-3H3/b10-7-. The largest absolute Gasteiger partial charge is 0.383 e. The average Bonchev–Trinajstić information content (AvgIpc) is 3.23. The SMILES string of the molecule is COCCn1c(C)cn2c3c(=O)n(C/C=C\c4ccccc4)c(=O)n(C)c3nc12. The second kappa shape index (κ2) is 7.56. The summed E-state index contributed by atoms with van der Waals surface area (Å²) in [5.74, 6) is 0.624. The van der Waals surface area contributed by atoms with Gasteiger partial charge in [-0.05, 0) is 12.5 Å². The van der Waals surface area contributed by atoms with Crippen molar-refractivity contribution < 1.29 is 4.74 Å². The van der Waals surface area contributed by atoms with Crippen LogP contribution in [-0.4, -0.2) is 36.8 Å². The van der Waals surface area contributed by atoms with Crippen molar-refractivity contribution in [1.82, 2.24) is 23.1 Å². The number of benzene rings is 1. The first kappa shape index (κ1) is 18.9. The molecule has 0 aliphatic carbocycles. The Morgan fingerprint density at radius 3 is 2.62 bits per heavy atom. The minimum absolute atomic E-state index is 0.187. The molecule has 0 fully saturated rings. The molecule has 0 N–H and O–H groups in total. The van der Waals surface area contributed by atoms with Crippen molar-refractivity contribution >= 4 is 23.0 Å². The molecular formula is C21H23N5O3. The number of aryl methyl sites for hydroxylation is 2. The molecule has 0 atom stereocenters. The first-order valence-electron chi connectivity index (χ1n) is 9.41. The maximum Gasteiger partial charge on any atom is 0.332 e. The number of hydrogen-bond donors (Lipinski definition) is 0. The van der Waals surface area contributed by atoms with E-state index in [4.69, 9.17) is 4.74 Å². The molecule has 0 saturated carbocycles. The molecule has 1 aromatic carbocycles. The summed E-state index contributed by atoms with van der Waals surface area (Å²) in [6, 6.07) is 9.75. The number of hydrogen-bond acceptors (Lipinski definition) is 4. The summed E-state index contributed by atoms with van der Waals surface area (Å²) < 4.78 is 11.6. The Hall–Kier alpha value is -3.39. The fourth-order valence-electron chi connectivity index (χ4n) is 3.53. The number of fused-ring (bicyclic) bond motifs is 3. The van der Waals surface area contributed by atoms with E-state index in [9.17, 15) is 9.59 Å². The molecule has 150 valence electrons. The van der Waals surface area contributed by atoms with Crippen molar-refractivity contribution in [2.24, 2.45) is 7.05 Å². The molecule has 8 nitrogen and oxygen atoms in total. The highest BCUT2D eigenvalue weighted by atomic mass is 16.5. The van der Waals surface area contributed by atoms with Gasteiger partial charge in [0.25, 0.3) is 5.56 Å². The Morgan fingerprint density at radius 2 is 1.90 bits per heavy atom. The van der Waals surface area contributed by atoms with Crippen molar-refractivity contribution in [3.8, 4) is 0 Å². The predicted octanol–water partition coefficient (Wildman–Crippen LogP) is 1.82. The molecule has 8 heteroatoms. The van der Waals surface area contributed by atoms with Gasteiger partial charge in [0.2, 0.25) is 5.78 Å². The van der Waals surface area contributed by atoms with E-state index in [0.29, 0.717) is 30.1 Å². The van der Waals surface area contributed by atoms with Gasteiger partial charge in [0.1, 0.15) is 0 Å². The molecule has 4 rings (SSSR count). The number of aromatic nitrogens is 5. The Morgan fingerprint density at radius 1 is 1.14 bits per heavy atom. The van der Waals surface area contributed by atoms with Gasteiger partial charge in [0.05, 0.1) is 6.61 Å². The molecule has 0 spiro atoms. The van der Waals surface area contributed by atoms with Crippen LogP contribution in [0.3, 0.4) is 0 Å². The quantitative estimate of drug-likeness (QED) is 0.501. The van der Waals surface area contributed by atoms with Crippen LogP contribution >= 0.6 is 0 Å². The topological polar surface area (TPSA) is 75.5 Å². The summed E-state index contributed by atoms with van der Waals surface area (Å²) >= 11 is 0. The Kier molecular flexibility index (Phi) is 4.94. The normalized spacial score (nSPS) is 12.0. The third-order valence-electron chi connectivity index (χ3n) is 5.06. The molecule has 3 heterocycles. The number of nitrogens with zero attached hydrogens (tertiary/aromatic N) is 5. The molecular weight excluding hydrogens is 370 g/mol. The van der Waals surface area contributed by atoms with Gasteiger partial charge in [0.15, 0.2) is 11.2 Å². The molecule has 0 aliphatic heterocycles. The van der Waals surface area contributed by atoms with Crippen LogP contribution in [0.15, 0.2) is 52.2 Å². The summed E-state index contributed by atoms with van der Waals surface area (Å²) in [4.78, 5) is 30.5. The number of ether oxygens (including phenoxy) is 1. The minimum Gasteiger partial charge on any atom is -0.383 e. The van der Waals surface area contributed by atoms with Crippen LogP contribution in [0.1, 0.15) is 11.3 Å². The average molecular weight is 393 g/mol. The summed E-state index contributed by atoms with van der Waals surface area (Å²) in [6.07, 6.45) is 5.58. The van der Waals surface area contributed by atoms with Crippen LogP contribution in [0.4, 0.5) is 0 Å². The van der Waals surface area contributed by atoms with Crippen molar-refractivity contribution in [2.45, 2.75) is 20.0 Å². The smallest absolute Gasteiger partial charge is 0.332 e. The number of rotatable bonds is 6. The monoisotopic (exact) mass is 393 g/mol. The van der Waals surface area contributed by atoms with E-state index in [0.717, 1.165) is 11.3 Å². The molecule has 0 aliphatic rings. The fraction of sp³-hybridized carbons (Fsp3) is 0.286. The predicted molar refractivity (Wildman–Crippen MR) is 112 cm³/mol. The second-order valence-electron chi connectivity index (χ2n) is 6.94. The van der Waals surface area contributed by atoms with Crippen molar-refractivity contribution in [1.29, 1.82) is 0 Å². The lowest BCUT2D eigenvalue weighted by Gasteiger charge is -2.06. The van der Waals surface area contributed by atoms with Gasteiger partial charge in [-0.15, -0.1) is 0 Å². The molecule has 0 radical (unpaired) electrons. The molecule has 0 bridgehead atoms. The lowest BCUT2D eigenvalue weighted by Crippen LogP contribution is -2.39. The minimum atomic E-state index is -0.388. The van der Waals surface area contributed by atoms with E-state index >= 15 is 0 Å². The summed E-state index contributed by atoms with van der Waals surface area (Å²) in [6.45, 7) is 3.29. The van der Waals surface area contributed by atoms with Gasteiger partial charge < -0.3 is 9.30 Å².